The first-order valence-electron chi connectivity index (χ1n) is 8.63. The number of imidazole rings is 1. The Balaban J connectivity index is 2.00. The Morgan fingerprint density at radius 2 is 2.16 bits per heavy atom. The molecule has 0 bridgehead atoms. The molecule has 0 saturated heterocycles. The largest absolute Gasteiger partial charge is 0.336 e. The van der Waals surface area contributed by atoms with Gasteiger partial charge in [-0.3, -0.25) is 4.79 Å². The van der Waals surface area contributed by atoms with E-state index in [1.807, 2.05) is 10.8 Å². The summed E-state index contributed by atoms with van der Waals surface area (Å²) < 4.78 is 7.46. The fraction of sp³-hybridized carbons (Fsp3) is 0.474. The van der Waals surface area contributed by atoms with Crippen LogP contribution in [0.15, 0.2) is 36.9 Å². The molecule has 1 aromatic heterocycles. The van der Waals surface area contributed by atoms with Gasteiger partial charge >= 0.3 is 0 Å². The van der Waals surface area contributed by atoms with Crippen LogP contribution in [0.25, 0.3) is 0 Å². The quantitative estimate of drug-likeness (QED) is 0.398. The van der Waals surface area contributed by atoms with Gasteiger partial charge in [0.25, 0.3) is 4.45 Å². The molecular weight excluding hydrogens is 352 g/mol. The first-order valence-corrected chi connectivity index (χ1v) is 10.2. The third-order valence-corrected chi connectivity index (χ3v) is 5.70. The van der Waals surface area contributed by atoms with E-state index < -0.39 is 0 Å². The normalized spacial score (nSPS) is 12.3. The van der Waals surface area contributed by atoms with Crippen LogP contribution < -0.4 is 0 Å². The average molecular weight is 379 g/mol. The molecule has 25 heavy (non-hydrogen) atoms. The maximum atomic E-state index is 12.3. The summed E-state index contributed by atoms with van der Waals surface area (Å²) >= 11 is 2.30. The molecular formula is C19H26N2O2S2. The summed E-state index contributed by atoms with van der Waals surface area (Å²) in [7, 11) is 0. The Kier molecular flexibility index (Phi) is 8.58. The molecule has 1 atom stereocenters. The van der Waals surface area contributed by atoms with Crippen LogP contribution in [-0.4, -0.2) is 20.6 Å². The fourth-order valence-corrected chi connectivity index (χ4v) is 4.43. The Morgan fingerprint density at radius 1 is 1.32 bits per heavy atom. The van der Waals surface area contributed by atoms with Crippen molar-refractivity contribution < 1.29 is 8.98 Å². The number of carbonyl (C=O) groups excluding carboxylic acids is 1. The lowest BCUT2D eigenvalue weighted by molar-refractivity contribution is 0.273. The van der Waals surface area contributed by atoms with E-state index in [2.05, 4.69) is 44.0 Å². The van der Waals surface area contributed by atoms with Gasteiger partial charge in [0.1, 0.15) is 0 Å². The van der Waals surface area contributed by atoms with E-state index in [9.17, 15) is 4.79 Å². The number of hydrogen-bond acceptors (Lipinski definition) is 5. The summed E-state index contributed by atoms with van der Waals surface area (Å²) in [5.41, 5.74) is 3.62. The Morgan fingerprint density at radius 3 is 2.84 bits per heavy atom. The molecule has 0 N–H and O–H groups in total. The number of hydrogen-bond donors (Lipinski definition) is 0. The van der Waals surface area contributed by atoms with Crippen LogP contribution >= 0.6 is 23.8 Å². The minimum atomic E-state index is 0.00147. The monoisotopic (exact) mass is 378 g/mol. The number of unbranched alkanes of at least 4 members (excludes halogenated alkanes) is 2. The number of nitrogens with zero attached hydrogens (tertiary/aromatic N) is 2. The number of thioether (sulfide) groups is 1. The highest BCUT2D eigenvalue weighted by Crippen LogP contribution is 2.37. The summed E-state index contributed by atoms with van der Waals surface area (Å²) in [6.45, 7) is 7.67. The standard InChI is InChI=1S/C19H26N2O2S2/c1-4-5-6-11-23-25-19(22)24-18(13-21-10-9-20-14-21)17-8-7-15(2)12-16(17)3/h7-10,12,14,18H,4-6,11,13H2,1-3H3. The zero-order valence-corrected chi connectivity index (χ0v) is 16.7. The Bertz CT molecular complexity index is 659. The molecule has 1 heterocycles. The second kappa shape index (κ2) is 10.7. The predicted molar refractivity (Wildman–Crippen MR) is 107 cm³/mol. The molecule has 0 aliphatic heterocycles. The van der Waals surface area contributed by atoms with Gasteiger partial charge in [0.05, 0.1) is 30.2 Å². The predicted octanol–water partition coefficient (Wildman–Crippen LogP) is 5.95. The van der Waals surface area contributed by atoms with Crippen molar-refractivity contribution in [3.05, 3.63) is 53.6 Å². The minimum absolute atomic E-state index is 0.00147. The zero-order chi connectivity index (χ0) is 18.1. The van der Waals surface area contributed by atoms with Gasteiger partial charge in [0, 0.05) is 18.9 Å². The van der Waals surface area contributed by atoms with E-state index in [1.54, 1.807) is 12.5 Å². The van der Waals surface area contributed by atoms with Crippen molar-refractivity contribution in [2.45, 2.75) is 51.8 Å². The van der Waals surface area contributed by atoms with Crippen molar-refractivity contribution in [1.29, 1.82) is 0 Å². The van der Waals surface area contributed by atoms with Crippen molar-refractivity contribution in [2.24, 2.45) is 0 Å². The molecule has 0 aliphatic carbocycles. The van der Waals surface area contributed by atoms with E-state index in [4.69, 9.17) is 4.18 Å². The molecule has 2 aromatic rings. The van der Waals surface area contributed by atoms with E-state index in [0.717, 1.165) is 31.3 Å². The van der Waals surface area contributed by atoms with Crippen LogP contribution in [-0.2, 0) is 10.7 Å². The summed E-state index contributed by atoms with van der Waals surface area (Å²) in [5.74, 6) is 0. The van der Waals surface area contributed by atoms with Gasteiger partial charge in [-0.1, -0.05) is 55.3 Å². The third-order valence-electron chi connectivity index (χ3n) is 3.90. The van der Waals surface area contributed by atoms with Crippen molar-refractivity contribution in [2.75, 3.05) is 6.61 Å². The number of carbonyl (C=O) groups is 1. The molecule has 0 radical (unpaired) electrons. The molecule has 1 aromatic carbocycles. The summed E-state index contributed by atoms with van der Waals surface area (Å²) in [6.07, 6.45) is 8.75. The molecule has 6 heteroatoms. The third kappa shape index (κ3) is 6.88. The van der Waals surface area contributed by atoms with Gasteiger partial charge in [-0.2, -0.15) is 0 Å². The van der Waals surface area contributed by atoms with Crippen LogP contribution in [0.5, 0.6) is 0 Å². The van der Waals surface area contributed by atoms with Gasteiger partial charge in [-0.05, 0) is 31.4 Å². The molecule has 0 aliphatic rings. The zero-order valence-electron chi connectivity index (χ0n) is 15.1. The first-order chi connectivity index (χ1) is 12.1. The number of benzene rings is 1. The molecule has 136 valence electrons. The number of rotatable bonds is 9. The molecule has 2 rings (SSSR count). The van der Waals surface area contributed by atoms with Crippen LogP contribution in [0.1, 0.15) is 48.1 Å². The molecule has 0 saturated carbocycles. The highest BCUT2D eigenvalue weighted by Gasteiger charge is 2.20. The van der Waals surface area contributed by atoms with Gasteiger partial charge in [-0.25, -0.2) is 4.98 Å². The lowest BCUT2D eigenvalue weighted by Crippen LogP contribution is -2.08. The molecule has 0 spiro atoms. The minimum Gasteiger partial charge on any atom is -0.336 e. The van der Waals surface area contributed by atoms with Crippen LogP contribution in [0.4, 0.5) is 4.79 Å². The summed E-state index contributed by atoms with van der Waals surface area (Å²) in [4.78, 5) is 16.4. The summed E-state index contributed by atoms with van der Waals surface area (Å²) in [6, 6.07) is 6.39. The van der Waals surface area contributed by atoms with Crippen LogP contribution in [0, 0.1) is 13.8 Å². The van der Waals surface area contributed by atoms with E-state index in [-0.39, 0.29) is 9.70 Å². The fourth-order valence-electron chi connectivity index (χ4n) is 2.61. The highest BCUT2D eigenvalue weighted by molar-refractivity contribution is 8.36. The molecule has 0 amide bonds. The second-order valence-corrected chi connectivity index (χ2v) is 8.30. The lowest BCUT2D eigenvalue weighted by Gasteiger charge is -2.19. The van der Waals surface area contributed by atoms with Gasteiger partial charge in [-0.15, -0.1) is 0 Å². The van der Waals surface area contributed by atoms with Crippen molar-refractivity contribution in [3.63, 3.8) is 0 Å². The smallest absolute Gasteiger partial charge is 0.273 e. The maximum absolute atomic E-state index is 12.3. The Labute approximate surface area is 159 Å². The van der Waals surface area contributed by atoms with E-state index in [1.165, 1.54) is 28.5 Å². The van der Waals surface area contributed by atoms with Gasteiger partial charge in [0.2, 0.25) is 0 Å². The van der Waals surface area contributed by atoms with Crippen molar-refractivity contribution in [1.82, 2.24) is 9.55 Å². The van der Waals surface area contributed by atoms with Gasteiger partial charge in [0.15, 0.2) is 0 Å². The van der Waals surface area contributed by atoms with Crippen molar-refractivity contribution in [3.8, 4) is 0 Å². The lowest BCUT2D eigenvalue weighted by atomic mass is 10.0. The number of aryl methyl sites for hydroxylation is 2. The van der Waals surface area contributed by atoms with Gasteiger partial charge < -0.3 is 8.75 Å². The topological polar surface area (TPSA) is 44.1 Å². The van der Waals surface area contributed by atoms with Crippen LogP contribution in [0.2, 0.25) is 0 Å². The molecule has 0 fully saturated rings. The van der Waals surface area contributed by atoms with Crippen molar-refractivity contribution >= 4 is 28.3 Å². The molecule has 4 nitrogen and oxygen atoms in total. The molecule has 1 unspecified atom stereocenters. The Hall–Kier alpha value is -1.24. The summed E-state index contributed by atoms with van der Waals surface area (Å²) in [5, 5.41) is 0.0361. The average Bonchev–Trinajstić information content (AvgIpc) is 3.07. The number of aromatic nitrogens is 2. The van der Waals surface area contributed by atoms with E-state index >= 15 is 0 Å². The van der Waals surface area contributed by atoms with Crippen LogP contribution in [0.3, 0.4) is 0 Å². The van der Waals surface area contributed by atoms with E-state index in [0.29, 0.717) is 13.2 Å². The highest BCUT2D eigenvalue weighted by atomic mass is 32.2. The first kappa shape index (κ1) is 20.1. The maximum Gasteiger partial charge on any atom is 0.273 e. The second-order valence-electron chi connectivity index (χ2n) is 6.09. The SMILES string of the molecule is CCCCCOSC(=O)SC(Cn1ccnc1)c1ccc(C)cc1C.